The summed E-state index contributed by atoms with van der Waals surface area (Å²) in [5.41, 5.74) is 2.61. The lowest BCUT2D eigenvalue weighted by molar-refractivity contribution is 0.129. The quantitative estimate of drug-likeness (QED) is 0.551. The van der Waals surface area contributed by atoms with Crippen molar-refractivity contribution in [2.45, 2.75) is 12.6 Å². The number of hydrogen-bond donors (Lipinski definition) is 1. The van der Waals surface area contributed by atoms with Crippen molar-refractivity contribution in [3.8, 4) is 5.75 Å². The van der Waals surface area contributed by atoms with Gasteiger partial charge in [-0.2, -0.15) is 0 Å². The molecule has 2 aliphatic heterocycles. The molecule has 14 heteroatoms. The largest absolute Gasteiger partial charge is 0.442 e. The molecular weight excluding hydrogens is 495 g/mol. The summed E-state index contributed by atoms with van der Waals surface area (Å²) in [5.74, 6) is -2.02. The van der Waals surface area contributed by atoms with Crippen LogP contribution in [0.2, 0.25) is 0 Å². The molecule has 3 aromatic rings. The smallest absolute Gasteiger partial charge is 0.429 e. The van der Waals surface area contributed by atoms with Crippen molar-refractivity contribution in [1.29, 1.82) is 0 Å². The van der Waals surface area contributed by atoms with Gasteiger partial charge in [0, 0.05) is 38.0 Å². The molecule has 1 aromatic heterocycles. The van der Waals surface area contributed by atoms with Gasteiger partial charge in [0.25, 0.3) is 0 Å². The number of nitrogens with zero attached hydrogens (tertiary/aromatic N) is 6. The molecule has 37 heavy (non-hydrogen) atoms. The molecule has 0 aliphatic carbocycles. The lowest BCUT2D eigenvalue weighted by Crippen LogP contribution is -2.45. The Morgan fingerprint density at radius 2 is 1.86 bits per heavy atom. The number of halogens is 3. The number of aromatic nitrogens is 3. The van der Waals surface area contributed by atoms with E-state index in [9.17, 15) is 14.0 Å². The number of hydrogen-bond acceptors (Lipinski definition) is 8. The Bertz CT molecular complexity index is 1250. The SMILES string of the molecule is O=C(Oc1ccc(F)cc1)N1CCN(c2c(F)cc(N3C[C@H](Cn4ccnn4)OC3=O)cc2F)CCN1. The van der Waals surface area contributed by atoms with Gasteiger partial charge in [-0.3, -0.25) is 4.90 Å². The standard InChI is InChI=1S/C23H22F3N7O4/c24-15-1-3-17(4-2-15)36-23(35)33-10-9-30(7-6-28-33)21-19(25)11-16(12-20(21)26)32-14-18(37-22(32)34)13-31-8-5-27-29-31/h1-5,8,11-12,18,28H,6-7,9-10,13-14H2/t18-/m0/s1. The summed E-state index contributed by atoms with van der Waals surface area (Å²) in [5, 5.41) is 8.70. The molecule has 0 unspecified atom stereocenters. The van der Waals surface area contributed by atoms with Gasteiger partial charge in [0.15, 0.2) is 11.6 Å². The highest BCUT2D eigenvalue weighted by Gasteiger charge is 2.34. The van der Waals surface area contributed by atoms with Crippen LogP contribution in [0.4, 0.5) is 34.1 Å². The van der Waals surface area contributed by atoms with E-state index in [1.54, 1.807) is 6.20 Å². The second kappa shape index (κ2) is 10.3. The topological polar surface area (TPSA) is 105 Å². The normalized spacial score (nSPS) is 18.1. The van der Waals surface area contributed by atoms with Gasteiger partial charge >= 0.3 is 12.2 Å². The minimum absolute atomic E-state index is 0.0299. The average Bonchev–Trinajstić information content (AvgIpc) is 3.43. The highest BCUT2D eigenvalue weighted by molar-refractivity contribution is 5.90. The van der Waals surface area contributed by atoms with Gasteiger partial charge in [-0.05, 0) is 24.3 Å². The maximum Gasteiger partial charge on any atom is 0.429 e. The second-order valence-electron chi connectivity index (χ2n) is 8.37. The molecular formula is C23H22F3N7O4. The van der Waals surface area contributed by atoms with Crippen molar-refractivity contribution < 1.29 is 32.2 Å². The lowest BCUT2D eigenvalue weighted by Gasteiger charge is -2.25. The Hall–Kier alpha value is -4.33. The van der Waals surface area contributed by atoms with Crippen LogP contribution >= 0.6 is 0 Å². The number of carbonyl (C=O) groups excluding carboxylic acids is 2. The van der Waals surface area contributed by atoms with E-state index in [1.165, 1.54) is 32.9 Å². The van der Waals surface area contributed by atoms with Crippen LogP contribution in [0.15, 0.2) is 48.8 Å². The molecule has 0 radical (unpaired) electrons. The van der Waals surface area contributed by atoms with Crippen LogP contribution in [0, 0.1) is 17.5 Å². The maximum absolute atomic E-state index is 15.1. The van der Waals surface area contributed by atoms with Gasteiger partial charge in [0.2, 0.25) is 0 Å². The third-order valence-corrected chi connectivity index (χ3v) is 5.88. The molecule has 2 aromatic carbocycles. The molecule has 0 spiro atoms. The fourth-order valence-corrected chi connectivity index (χ4v) is 4.15. The van der Waals surface area contributed by atoms with Crippen LogP contribution in [-0.2, 0) is 11.3 Å². The maximum atomic E-state index is 15.1. The zero-order chi connectivity index (χ0) is 25.9. The van der Waals surface area contributed by atoms with Crippen LogP contribution in [0.5, 0.6) is 5.75 Å². The zero-order valence-corrected chi connectivity index (χ0v) is 19.4. The minimum Gasteiger partial charge on any atom is -0.442 e. The molecule has 2 amide bonds. The number of rotatable bonds is 5. The van der Waals surface area contributed by atoms with E-state index < -0.39 is 35.7 Å². The molecule has 5 rings (SSSR count). The van der Waals surface area contributed by atoms with Crippen LogP contribution < -0.4 is 20.0 Å². The van der Waals surface area contributed by atoms with Gasteiger partial charge in [0.05, 0.1) is 31.5 Å². The van der Waals surface area contributed by atoms with Crippen molar-refractivity contribution in [2.75, 3.05) is 42.5 Å². The zero-order valence-electron chi connectivity index (χ0n) is 19.4. The van der Waals surface area contributed by atoms with Gasteiger partial charge < -0.3 is 14.4 Å². The summed E-state index contributed by atoms with van der Waals surface area (Å²) in [6.45, 7) is 0.899. The number of nitrogens with one attached hydrogen (secondary N) is 1. The molecule has 11 nitrogen and oxygen atoms in total. The molecule has 2 aliphatic rings. The van der Waals surface area contributed by atoms with E-state index in [0.717, 1.165) is 29.2 Å². The number of ether oxygens (including phenoxy) is 2. The molecule has 1 atom stereocenters. The van der Waals surface area contributed by atoms with E-state index in [4.69, 9.17) is 9.47 Å². The molecule has 3 heterocycles. The third-order valence-electron chi connectivity index (χ3n) is 5.88. The fourth-order valence-electron chi connectivity index (χ4n) is 4.15. The predicted octanol–water partition coefficient (Wildman–Crippen LogP) is 2.55. The Labute approximate surface area is 208 Å². The fraction of sp³-hybridized carbons (Fsp3) is 0.304. The first-order valence-electron chi connectivity index (χ1n) is 11.4. The van der Waals surface area contributed by atoms with Gasteiger partial charge in [-0.15, -0.1) is 5.10 Å². The Morgan fingerprint density at radius 1 is 1.11 bits per heavy atom. The van der Waals surface area contributed by atoms with Gasteiger partial charge in [-0.1, -0.05) is 5.21 Å². The first kappa shape index (κ1) is 24.4. The number of carbonyl (C=O) groups is 2. The molecule has 2 fully saturated rings. The van der Waals surface area contributed by atoms with Crippen LogP contribution in [0.3, 0.4) is 0 Å². The highest BCUT2D eigenvalue weighted by atomic mass is 19.1. The van der Waals surface area contributed by atoms with Crippen molar-refractivity contribution >= 4 is 23.6 Å². The summed E-state index contributed by atoms with van der Waals surface area (Å²) in [6, 6.07) is 7.11. The minimum atomic E-state index is -0.857. The predicted molar refractivity (Wildman–Crippen MR) is 123 cm³/mol. The Kier molecular flexibility index (Phi) is 6.81. The molecule has 194 valence electrons. The number of amides is 2. The molecule has 2 saturated heterocycles. The highest BCUT2D eigenvalue weighted by Crippen LogP contribution is 2.31. The number of cyclic esters (lactones) is 1. The Balaban J connectivity index is 1.24. The average molecular weight is 517 g/mol. The van der Waals surface area contributed by atoms with Crippen LogP contribution in [0.1, 0.15) is 0 Å². The van der Waals surface area contributed by atoms with Crippen molar-refractivity contribution in [2.24, 2.45) is 0 Å². The van der Waals surface area contributed by atoms with E-state index in [2.05, 4.69) is 15.7 Å². The van der Waals surface area contributed by atoms with E-state index in [-0.39, 0.29) is 56.4 Å². The number of benzene rings is 2. The van der Waals surface area contributed by atoms with Gasteiger partial charge in [-0.25, -0.2) is 37.9 Å². The number of anilines is 2. The first-order chi connectivity index (χ1) is 17.9. The molecule has 0 saturated carbocycles. The van der Waals surface area contributed by atoms with E-state index in [1.807, 2.05) is 0 Å². The summed E-state index contributed by atoms with van der Waals surface area (Å²) in [4.78, 5) is 27.4. The monoisotopic (exact) mass is 517 g/mol. The lowest BCUT2D eigenvalue weighted by atomic mass is 10.2. The van der Waals surface area contributed by atoms with Crippen molar-refractivity contribution in [1.82, 2.24) is 25.4 Å². The summed E-state index contributed by atoms with van der Waals surface area (Å²) >= 11 is 0. The van der Waals surface area contributed by atoms with Gasteiger partial charge in [0.1, 0.15) is 23.4 Å². The van der Waals surface area contributed by atoms with Crippen molar-refractivity contribution in [3.63, 3.8) is 0 Å². The van der Waals surface area contributed by atoms with Crippen LogP contribution in [0.25, 0.3) is 0 Å². The third kappa shape index (κ3) is 5.43. The molecule has 1 N–H and O–H groups in total. The van der Waals surface area contributed by atoms with E-state index in [0.29, 0.717) is 0 Å². The number of hydrazine groups is 1. The summed E-state index contributed by atoms with van der Waals surface area (Å²) < 4.78 is 55.4. The summed E-state index contributed by atoms with van der Waals surface area (Å²) in [7, 11) is 0. The van der Waals surface area contributed by atoms with Crippen molar-refractivity contribution in [3.05, 3.63) is 66.2 Å². The van der Waals surface area contributed by atoms with Crippen LogP contribution in [-0.4, -0.2) is 71.0 Å². The summed E-state index contributed by atoms with van der Waals surface area (Å²) in [6.07, 6.45) is 1.09. The van der Waals surface area contributed by atoms with E-state index >= 15 is 8.78 Å². The second-order valence-corrected chi connectivity index (χ2v) is 8.37. The Morgan fingerprint density at radius 3 is 2.57 bits per heavy atom. The molecule has 0 bridgehead atoms. The first-order valence-corrected chi connectivity index (χ1v) is 11.4.